The van der Waals surface area contributed by atoms with Gasteiger partial charge in [-0.1, -0.05) is 32.2 Å². The van der Waals surface area contributed by atoms with Gasteiger partial charge in [0.05, 0.1) is 11.3 Å². The van der Waals surface area contributed by atoms with Gasteiger partial charge in [0.2, 0.25) is 5.95 Å². The maximum Gasteiger partial charge on any atom is 0.249 e. The van der Waals surface area contributed by atoms with E-state index in [0.29, 0.717) is 22.6 Å². The van der Waals surface area contributed by atoms with E-state index in [2.05, 4.69) is 34.8 Å². The van der Waals surface area contributed by atoms with Crippen molar-refractivity contribution < 1.29 is 9.13 Å². The van der Waals surface area contributed by atoms with Crippen molar-refractivity contribution in [1.82, 2.24) is 9.97 Å². The van der Waals surface area contributed by atoms with E-state index in [1.807, 2.05) is 13.0 Å². The van der Waals surface area contributed by atoms with Gasteiger partial charge in [-0.25, -0.2) is 19.4 Å². The van der Waals surface area contributed by atoms with Crippen LogP contribution in [0.2, 0.25) is 0 Å². The summed E-state index contributed by atoms with van der Waals surface area (Å²) in [6, 6.07) is 1.69. The molecule has 6 heteroatoms. The van der Waals surface area contributed by atoms with Crippen LogP contribution in [-0.4, -0.2) is 16.7 Å². The first-order chi connectivity index (χ1) is 12.4. The van der Waals surface area contributed by atoms with Crippen LogP contribution in [0.5, 0.6) is 0 Å². The van der Waals surface area contributed by atoms with Gasteiger partial charge in [0.15, 0.2) is 5.88 Å². The average Bonchev–Trinajstić information content (AvgIpc) is 2.64. The number of hydrogen-bond acceptors (Lipinski definition) is 5. The summed E-state index contributed by atoms with van der Waals surface area (Å²) in [5.74, 6) is 0.156. The van der Waals surface area contributed by atoms with Crippen LogP contribution in [0.15, 0.2) is 83.8 Å². The normalized spacial score (nSPS) is 13.0. The molecule has 0 amide bonds. The lowest BCUT2D eigenvalue weighted by molar-refractivity contribution is 0.314. The van der Waals surface area contributed by atoms with E-state index in [1.54, 1.807) is 31.3 Å². The highest BCUT2D eigenvalue weighted by Crippen LogP contribution is 2.22. The van der Waals surface area contributed by atoms with Crippen LogP contribution in [0.3, 0.4) is 0 Å². The molecule has 0 radical (unpaired) electrons. The molecule has 136 valence electrons. The second-order valence-electron chi connectivity index (χ2n) is 5.05. The van der Waals surface area contributed by atoms with Gasteiger partial charge >= 0.3 is 0 Å². The van der Waals surface area contributed by atoms with Gasteiger partial charge in [-0.3, -0.25) is 0 Å². The molecule has 0 saturated carbocycles. The molecule has 1 heterocycles. The number of hydrogen-bond donors (Lipinski definition) is 1. The molecule has 0 saturated heterocycles. The minimum absolute atomic E-state index is 0.116. The second kappa shape index (κ2) is 10.6. The molecule has 0 atom stereocenters. The molecule has 0 aliphatic carbocycles. The summed E-state index contributed by atoms with van der Waals surface area (Å²) < 4.78 is 18.5. The van der Waals surface area contributed by atoms with Crippen molar-refractivity contribution in [2.75, 3.05) is 0 Å². The molecule has 5 nitrogen and oxygen atoms in total. The zero-order valence-electron chi connectivity index (χ0n) is 15.1. The first-order valence-electron chi connectivity index (χ1n) is 7.95. The molecule has 0 aliphatic heterocycles. The van der Waals surface area contributed by atoms with Gasteiger partial charge in [0, 0.05) is 11.8 Å². The maximum absolute atomic E-state index is 12.8. The third kappa shape index (κ3) is 6.32. The van der Waals surface area contributed by atoms with Gasteiger partial charge in [-0.2, -0.15) is 0 Å². The molecule has 0 spiro atoms. The summed E-state index contributed by atoms with van der Waals surface area (Å²) >= 11 is 0. The number of nitrogens with two attached hydrogens (primary N) is 1. The Morgan fingerprint density at radius 3 is 2.65 bits per heavy atom. The maximum atomic E-state index is 12.8. The van der Waals surface area contributed by atoms with E-state index in [4.69, 9.17) is 10.5 Å². The highest BCUT2D eigenvalue weighted by atomic mass is 19.1. The fourth-order valence-electron chi connectivity index (χ4n) is 1.86. The molecule has 0 aliphatic rings. The van der Waals surface area contributed by atoms with Crippen LogP contribution in [0.1, 0.15) is 26.0 Å². The van der Waals surface area contributed by atoms with Crippen LogP contribution < -0.4 is 5.73 Å². The van der Waals surface area contributed by atoms with Crippen molar-refractivity contribution in [3.8, 4) is 0 Å². The first-order valence-corrected chi connectivity index (χ1v) is 7.95. The van der Waals surface area contributed by atoms with Crippen molar-refractivity contribution in [3.63, 3.8) is 0 Å². The topological polar surface area (TPSA) is 73.4 Å². The summed E-state index contributed by atoms with van der Waals surface area (Å²) in [5.41, 5.74) is 7.70. The van der Waals surface area contributed by atoms with Gasteiger partial charge in [-0.15, -0.1) is 0 Å². The fraction of sp³-hybridized carbons (Fsp3) is 0.150. The van der Waals surface area contributed by atoms with Crippen LogP contribution in [0, 0.1) is 0 Å². The number of halogens is 1. The standard InChI is InChI=1S/C20H23FN4O/c1-6-8-9-16(17-12-13-24-20(23-5)25-17)19(22)26-18(7-2)14(3)10-11-15(4)21/h7-13H,3-6,22H2,1-2H3/b9-8-,11-10-,18-7-,19-16-. The van der Waals surface area contributed by atoms with Crippen LogP contribution in [0.4, 0.5) is 10.3 Å². The van der Waals surface area contributed by atoms with Crippen LogP contribution in [0.25, 0.3) is 5.57 Å². The lowest BCUT2D eigenvalue weighted by Gasteiger charge is -2.13. The number of nitrogens with zero attached hydrogens (tertiary/aromatic N) is 3. The largest absolute Gasteiger partial charge is 0.441 e. The Bertz CT molecular complexity index is 804. The summed E-state index contributed by atoms with van der Waals surface area (Å²) in [6.45, 7) is 14.2. The molecule has 0 aromatic carbocycles. The van der Waals surface area contributed by atoms with E-state index in [0.717, 1.165) is 6.42 Å². The molecule has 1 aromatic heterocycles. The van der Waals surface area contributed by atoms with E-state index in [9.17, 15) is 4.39 Å². The smallest absolute Gasteiger partial charge is 0.249 e. The zero-order chi connectivity index (χ0) is 19.5. The molecular formula is C20H23FN4O. The van der Waals surface area contributed by atoms with Gasteiger partial charge in [-0.05, 0) is 44.4 Å². The Morgan fingerprint density at radius 1 is 1.35 bits per heavy atom. The van der Waals surface area contributed by atoms with Crippen molar-refractivity contribution in [1.29, 1.82) is 0 Å². The number of aromatic nitrogens is 2. The second-order valence-corrected chi connectivity index (χ2v) is 5.05. The molecule has 26 heavy (non-hydrogen) atoms. The Hall–Kier alpha value is -3.28. The minimum Gasteiger partial charge on any atom is -0.441 e. The summed E-state index contributed by atoms with van der Waals surface area (Å²) in [4.78, 5) is 12.0. The SMILES string of the molecule is C=Nc1nccc(C(/C=C\CC)=C(/N)O/C(=C\C)C(=C)/C=C\C(=C)F)n1. The third-order valence-electron chi connectivity index (χ3n) is 3.11. The van der Waals surface area contributed by atoms with Crippen LogP contribution in [-0.2, 0) is 4.74 Å². The Kier molecular flexibility index (Phi) is 8.43. The minimum atomic E-state index is -0.581. The lowest BCUT2D eigenvalue weighted by atomic mass is 10.1. The predicted octanol–water partition coefficient (Wildman–Crippen LogP) is 4.92. The number of ether oxygens (including phenoxy) is 1. The fourth-order valence-corrected chi connectivity index (χ4v) is 1.86. The van der Waals surface area contributed by atoms with Crippen molar-refractivity contribution in [3.05, 3.63) is 84.5 Å². The molecule has 0 fully saturated rings. The summed E-state index contributed by atoms with van der Waals surface area (Å²) in [6.07, 6.45) is 10.4. The quantitative estimate of drug-likeness (QED) is 0.388. The van der Waals surface area contributed by atoms with E-state index < -0.39 is 5.83 Å². The van der Waals surface area contributed by atoms with Gasteiger partial charge in [0.25, 0.3) is 0 Å². The van der Waals surface area contributed by atoms with Crippen LogP contribution >= 0.6 is 0 Å². The number of rotatable bonds is 9. The van der Waals surface area contributed by atoms with E-state index in [-0.39, 0.29) is 11.8 Å². The van der Waals surface area contributed by atoms with Gasteiger partial charge in [0.1, 0.15) is 11.6 Å². The highest BCUT2D eigenvalue weighted by molar-refractivity contribution is 5.73. The average molecular weight is 354 g/mol. The summed E-state index contributed by atoms with van der Waals surface area (Å²) in [5, 5.41) is 0. The Morgan fingerprint density at radius 2 is 2.08 bits per heavy atom. The summed E-state index contributed by atoms with van der Waals surface area (Å²) in [7, 11) is 0. The molecule has 2 N–H and O–H groups in total. The highest BCUT2D eigenvalue weighted by Gasteiger charge is 2.11. The number of allylic oxidation sites excluding steroid dienone is 7. The third-order valence-corrected chi connectivity index (χ3v) is 3.11. The molecular weight excluding hydrogens is 331 g/mol. The van der Waals surface area contributed by atoms with Crippen molar-refractivity contribution in [2.24, 2.45) is 10.7 Å². The first kappa shape index (κ1) is 20.8. The molecule has 1 rings (SSSR count). The molecule has 1 aromatic rings. The van der Waals surface area contributed by atoms with Gasteiger partial charge < -0.3 is 10.5 Å². The van der Waals surface area contributed by atoms with E-state index in [1.165, 1.54) is 12.2 Å². The molecule has 0 bridgehead atoms. The molecule has 0 unspecified atom stereocenters. The number of aliphatic imine (C=N–C) groups is 1. The Labute approximate surface area is 153 Å². The van der Waals surface area contributed by atoms with E-state index >= 15 is 0 Å². The predicted molar refractivity (Wildman–Crippen MR) is 105 cm³/mol. The lowest BCUT2D eigenvalue weighted by Crippen LogP contribution is -2.08. The monoisotopic (exact) mass is 354 g/mol. The Balaban J connectivity index is 3.26. The van der Waals surface area contributed by atoms with Crippen molar-refractivity contribution >= 4 is 18.2 Å². The zero-order valence-corrected chi connectivity index (χ0v) is 15.1. The van der Waals surface area contributed by atoms with Crippen molar-refractivity contribution in [2.45, 2.75) is 20.3 Å².